The molecule has 3 heterocycles. The van der Waals surface area contributed by atoms with E-state index in [1.165, 1.54) is 0 Å². The SMILES string of the molecule is Nc1ccc2cccc(NC(=O)[C@]3(O)CC[C@@H](NCc4ccc5c(n4)NC(=O)CO5)CC3)c2n1. The Morgan fingerprint density at radius 2 is 2.00 bits per heavy atom. The van der Waals surface area contributed by atoms with Crippen LogP contribution in [-0.4, -0.2) is 45.1 Å². The first kappa shape index (κ1) is 22.1. The Kier molecular flexibility index (Phi) is 5.76. The molecule has 0 saturated heterocycles. The van der Waals surface area contributed by atoms with Crippen molar-refractivity contribution in [3.8, 4) is 5.75 Å². The number of nitrogens with two attached hydrogens (primary N) is 1. The fraction of sp³-hybridized carbons (Fsp3) is 0.333. The molecule has 34 heavy (non-hydrogen) atoms. The first-order valence-corrected chi connectivity index (χ1v) is 11.2. The highest BCUT2D eigenvalue weighted by molar-refractivity contribution is 6.03. The molecule has 2 aromatic heterocycles. The molecule has 3 aromatic rings. The van der Waals surface area contributed by atoms with E-state index in [1.807, 2.05) is 24.3 Å². The quantitative estimate of drug-likeness (QED) is 0.386. The predicted octanol–water partition coefficient (Wildman–Crippen LogP) is 1.94. The van der Waals surface area contributed by atoms with E-state index in [0.29, 0.717) is 60.8 Å². The lowest BCUT2D eigenvalue weighted by Crippen LogP contribution is -2.48. The first-order chi connectivity index (χ1) is 16.4. The second-order valence-corrected chi connectivity index (χ2v) is 8.74. The third-order valence-electron chi connectivity index (χ3n) is 6.33. The van der Waals surface area contributed by atoms with Crippen LogP contribution in [0.4, 0.5) is 17.3 Å². The molecule has 1 saturated carbocycles. The van der Waals surface area contributed by atoms with Crippen molar-refractivity contribution in [3.05, 3.63) is 48.2 Å². The predicted molar refractivity (Wildman–Crippen MR) is 127 cm³/mol. The van der Waals surface area contributed by atoms with Crippen LogP contribution in [0.2, 0.25) is 0 Å². The van der Waals surface area contributed by atoms with E-state index in [4.69, 9.17) is 10.5 Å². The van der Waals surface area contributed by atoms with Gasteiger partial charge in [-0.25, -0.2) is 9.97 Å². The molecule has 1 aliphatic carbocycles. The number of amides is 2. The summed E-state index contributed by atoms with van der Waals surface area (Å²) in [6.45, 7) is 0.497. The van der Waals surface area contributed by atoms with Crippen molar-refractivity contribution in [1.82, 2.24) is 15.3 Å². The fourth-order valence-electron chi connectivity index (χ4n) is 4.38. The fourth-order valence-corrected chi connectivity index (χ4v) is 4.38. The van der Waals surface area contributed by atoms with Crippen LogP contribution in [0.3, 0.4) is 0 Å². The van der Waals surface area contributed by atoms with Gasteiger partial charge in [0.1, 0.15) is 11.4 Å². The summed E-state index contributed by atoms with van der Waals surface area (Å²) in [5.41, 5.74) is 6.24. The van der Waals surface area contributed by atoms with Gasteiger partial charge in [-0.2, -0.15) is 0 Å². The zero-order chi connectivity index (χ0) is 23.7. The highest BCUT2D eigenvalue weighted by atomic mass is 16.5. The van der Waals surface area contributed by atoms with Crippen LogP contribution >= 0.6 is 0 Å². The van der Waals surface area contributed by atoms with Crippen molar-refractivity contribution >= 4 is 40.0 Å². The number of carbonyl (C=O) groups excluding carboxylic acids is 2. The number of para-hydroxylation sites is 1. The van der Waals surface area contributed by atoms with E-state index < -0.39 is 11.5 Å². The molecule has 0 spiro atoms. The minimum atomic E-state index is -1.45. The second-order valence-electron chi connectivity index (χ2n) is 8.74. The van der Waals surface area contributed by atoms with Crippen LogP contribution in [0.1, 0.15) is 31.4 Å². The van der Waals surface area contributed by atoms with Gasteiger partial charge in [0.2, 0.25) is 0 Å². The Morgan fingerprint density at radius 3 is 2.82 bits per heavy atom. The van der Waals surface area contributed by atoms with E-state index in [1.54, 1.807) is 18.2 Å². The van der Waals surface area contributed by atoms with Crippen molar-refractivity contribution in [2.45, 2.75) is 43.9 Å². The number of rotatable bonds is 5. The van der Waals surface area contributed by atoms with Gasteiger partial charge in [0.05, 0.1) is 16.9 Å². The lowest BCUT2D eigenvalue weighted by molar-refractivity contribution is -0.137. The summed E-state index contributed by atoms with van der Waals surface area (Å²) in [6.07, 6.45) is 1.93. The Labute approximate surface area is 195 Å². The maximum atomic E-state index is 13.0. The summed E-state index contributed by atoms with van der Waals surface area (Å²) in [7, 11) is 0. The number of hydrogen-bond donors (Lipinski definition) is 5. The molecular weight excluding hydrogens is 436 g/mol. The number of hydrogen-bond acceptors (Lipinski definition) is 8. The van der Waals surface area contributed by atoms with Crippen LogP contribution < -0.4 is 26.4 Å². The van der Waals surface area contributed by atoms with Gasteiger partial charge in [0.25, 0.3) is 11.8 Å². The minimum absolute atomic E-state index is 0.00406. The van der Waals surface area contributed by atoms with Crippen molar-refractivity contribution in [2.24, 2.45) is 0 Å². The standard InChI is InChI=1S/C24H26N6O4/c25-19-7-4-14-2-1-3-17(21(14)29-19)28-23(32)24(33)10-8-15(9-11-24)26-12-16-5-6-18-22(27-16)30-20(31)13-34-18/h1-7,15,26,33H,8-13H2,(H2,25,29)(H,28,32)(H,27,30,31)/t15-,24+. The molecule has 176 valence electrons. The molecule has 0 bridgehead atoms. The maximum Gasteiger partial charge on any atom is 0.263 e. The van der Waals surface area contributed by atoms with Crippen LogP contribution in [0.15, 0.2) is 42.5 Å². The molecule has 1 aromatic carbocycles. The number of pyridine rings is 2. The molecule has 6 N–H and O–H groups in total. The number of fused-ring (bicyclic) bond motifs is 2. The van der Waals surface area contributed by atoms with Crippen molar-refractivity contribution in [3.63, 3.8) is 0 Å². The molecule has 0 atom stereocenters. The number of ether oxygens (including phenoxy) is 1. The van der Waals surface area contributed by atoms with Crippen LogP contribution in [0.5, 0.6) is 5.75 Å². The summed E-state index contributed by atoms with van der Waals surface area (Å²) >= 11 is 0. The number of carbonyl (C=O) groups is 2. The van der Waals surface area contributed by atoms with Crippen LogP contribution in [0, 0.1) is 0 Å². The number of nitrogen functional groups attached to an aromatic ring is 1. The third kappa shape index (κ3) is 4.50. The van der Waals surface area contributed by atoms with Crippen LogP contribution in [-0.2, 0) is 16.1 Å². The van der Waals surface area contributed by atoms with Crippen molar-refractivity contribution < 1.29 is 19.4 Å². The van der Waals surface area contributed by atoms with Gasteiger partial charge >= 0.3 is 0 Å². The topological polar surface area (TPSA) is 151 Å². The Hall–Kier alpha value is -3.76. The number of anilines is 3. The van der Waals surface area contributed by atoms with E-state index in [9.17, 15) is 14.7 Å². The molecule has 10 heteroatoms. The third-order valence-corrected chi connectivity index (χ3v) is 6.33. The highest BCUT2D eigenvalue weighted by Crippen LogP contribution is 2.31. The monoisotopic (exact) mass is 462 g/mol. The summed E-state index contributed by atoms with van der Waals surface area (Å²) < 4.78 is 5.33. The summed E-state index contributed by atoms with van der Waals surface area (Å²) in [5, 5.41) is 20.9. The van der Waals surface area contributed by atoms with Crippen LogP contribution in [0.25, 0.3) is 10.9 Å². The van der Waals surface area contributed by atoms with E-state index >= 15 is 0 Å². The van der Waals surface area contributed by atoms with E-state index in [-0.39, 0.29) is 18.6 Å². The Balaban J connectivity index is 1.18. The Morgan fingerprint density at radius 1 is 1.18 bits per heavy atom. The van der Waals surface area contributed by atoms with E-state index in [2.05, 4.69) is 25.9 Å². The number of nitrogens with zero attached hydrogens (tertiary/aromatic N) is 2. The van der Waals surface area contributed by atoms with Gasteiger partial charge in [-0.3, -0.25) is 9.59 Å². The molecular formula is C24H26N6O4. The minimum Gasteiger partial charge on any atom is -0.480 e. The second kappa shape index (κ2) is 8.88. The van der Waals surface area contributed by atoms with Gasteiger partial charge in [-0.15, -0.1) is 0 Å². The van der Waals surface area contributed by atoms with E-state index in [0.717, 1.165) is 11.1 Å². The Bertz CT molecular complexity index is 1260. The molecule has 2 aliphatic rings. The van der Waals surface area contributed by atoms with Crippen molar-refractivity contribution in [1.29, 1.82) is 0 Å². The average Bonchev–Trinajstić information content (AvgIpc) is 2.84. The summed E-state index contributed by atoms with van der Waals surface area (Å²) in [4.78, 5) is 33.2. The van der Waals surface area contributed by atoms with Gasteiger partial charge in [0, 0.05) is 18.0 Å². The average molecular weight is 463 g/mol. The maximum absolute atomic E-state index is 13.0. The smallest absolute Gasteiger partial charge is 0.263 e. The van der Waals surface area contributed by atoms with Gasteiger partial charge in [-0.1, -0.05) is 12.1 Å². The number of aliphatic hydroxyl groups is 1. The van der Waals surface area contributed by atoms with Gasteiger partial charge in [-0.05, 0) is 56.0 Å². The molecule has 5 rings (SSSR count). The lowest BCUT2D eigenvalue weighted by Gasteiger charge is -2.35. The highest BCUT2D eigenvalue weighted by Gasteiger charge is 2.40. The zero-order valence-corrected chi connectivity index (χ0v) is 18.5. The zero-order valence-electron chi connectivity index (χ0n) is 18.5. The summed E-state index contributed by atoms with van der Waals surface area (Å²) in [5.74, 6) is 0.686. The summed E-state index contributed by atoms with van der Waals surface area (Å²) in [6, 6.07) is 12.8. The molecule has 0 radical (unpaired) electrons. The molecule has 0 unspecified atom stereocenters. The number of nitrogens with one attached hydrogen (secondary N) is 3. The van der Waals surface area contributed by atoms with Gasteiger partial charge in [0.15, 0.2) is 18.2 Å². The molecule has 10 nitrogen and oxygen atoms in total. The molecule has 1 aliphatic heterocycles. The normalized spacial score (nSPS) is 21.9. The van der Waals surface area contributed by atoms with Crippen molar-refractivity contribution in [2.75, 3.05) is 23.0 Å². The molecule has 1 fully saturated rings. The lowest BCUT2D eigenvalue weighted by atomic mass is 9.81. The number of benzene rings is 1. The number of aromatic nitrogens is 2. The first-order valence-electron chi connectivity index (χ1n) is 11.2. The molecule has 2 amide bonds. The largest absolute Gasteiger partial charge is 0.480 e. The van der Waals surface area contributed by atoms with Gasteiger partial charge < -0.3 is 31.5 Å².